The molecular formula is C13H6ClF4NO. The van der Waals surface area contributed by atoms with Gasteiger partial charge in [0, 0.05) is 16.3 Å². The largest absolute Gasteiger partial charge is 0.322 e. The molecule has 0 aliphatic carbocycles. The van der Waals surface area contributed by atoms with Gasteiger partial charge in [0.1, 0.15) is 5.82 Å². The van der Waals surface area contributed by atoms with Crippen molar-refractivity contribution in [2.45, 2.75) is 0 Å². The number of hydrogen-bond donors (Lipinski definition) is 1. The number of rotatable bonds is 2. The van der Waals surface area contributed by atoms with Gasteiger partial charge in [0.15, 0.2) is 17.5 Å². The Kier molecular flexibility index (Phi) is 3.94. The summed E-state index contributed by atoms with van der Waals surface area (Å²) in [6.07, 6.45) is 0. The fourth-order valence-electron chi connectivity index (χ4n) is 1.52. The van der Waals surface area contributed by atoms with Crippen LogP contribution >= 0.6 is 11.6 Å². The van der Waals surface area contributed by atoms with E-state index in [1.807, 2.05) is 0 Å². The average Bonchev–Trinajstić information content (AvgIpc) is 2.33. The van der Waals surface area contributed by atoms with Gasteiger partial charge in [-0.1, -0.05) is 11.6 Å². The van der Waals surface area contributed by atoms with E-state index in [-0.39, 0.29) is 10.7 Å². The van der Waals surface area contributed by atoms with Crippen molar-refractivity contribution in [3.8, 4) is 0 Å². The predicted molar refractivity (Wildman–Crippen MR) is 65.7 cm³/mol. The normalized spacial score (nSPS) is 10.4. The van der Waals surface area contributed by atoms with E-state index in [4.69, 9.17) is 11.6 Å². The van der Waals surface area contributed by atoms with Crippen LogP contribution in [0.25, 0.3) is 0 Å². The Balaban J connectivity index is 2.28. The second-order valence-electron chi connectivity index (χ2n) is 3.87. The van der Waals surface area contributed by atoms with E-state index in [1.165, 1.54) is 6.07 Å². The average molecular weight is 304 g/mol. The molecule has 0 bridgehead atoms. The first-order valence-corrected chi connectivity index (χ1v) is 5.66. The number of amides is 1. The van der Waals surface area contributed by atoms with Gasteiger partial charge in [-0.3, -0.25) is 4.79 Å². The van der Waals surface area contributed by atoms with E-state index in [1.54, 1.807) is 0 Å². The van der Waals surface area contributed by atoms with Crippen LogP contribution in [0, 0.1) is 23.3 Å². The van der Waals surface area contributed by atoms with Gasteiger partial charge in [-0.05, 0) is 30.3 Å². The van der Waals surface area contributed by atoms with Crippen molar-refractivity contribution >= 4 is 23.2 Å². The molecule has 20 heavy (non-hydrogen) atoms. The molecule has 1 N–H and O–H groups in total. The lowest BCUT2D eigenvalue weighted by Gasteiger charge is -2.07. The third-order valence-corrected chi connectivity index (χ3v) is 2.58. The zero-order valence-corrected chi connectivity index (χ0v) is 10.4. The highest BCUT2D eigenvalue weighted by Crippen LogP contribution is 2.20. The molecule has 0 fully saturated rings. The van der Waals surface area contributed by atoms with Crippen molar-refractivity contribution in [3.05, 3.63) is 64.2 Å². The monoisotopic (exact) mass is 303 g/mol. The third-order valence-electron chi connectivity index (χ3n) is 2.37. The number of carbonyl (C=O) groups excluding carboxylic acids is 1. The molecule has 7 heteroatoms. The van der Waals surface area contributed by atoms with Gasteiger partial charge >= 0.3 is 0 Å². The molecule has 0 saturated carbocycles. The maximum absolute atomic E-state index is 13.1. The Hall–Kier alpha value is -2.08. The van der Waals surface area contributed by atoms with Gasteiger partial charge in [-0.15, -0.1) is 0 Å². The second-order valence-corrected chi connectivity index (χ2v) is 4.30. The summed E-state index contributed by atoms with van der Waals surface area (Å²) in [5, 5.41) is 2.23. The summed E-state index contributed by atoms with van der Waals surface area (Å²) in [4.78, 5) is 11.7. The SMILES string of the molecule is O=C(Nc1cc(F)cc(Cl)c1)c1cc(F)c(F)c(F)c1. The van der Waals surface area contributed by atoms with Gasteiger partial charge < -0.3 is 5.32 Å². The molecular weight excluding hydrogens is 298 g/mol. The minimum Gasteiger partial charge on any atom is -0.322 e. The van der Waals surface area contributed by atoms with Crippen LogP contribution < -0.4 is 5.32 Å². The first-order valence-electron chi connectivity index (χ1n) is 5.29. The Morgan fingerprint density at radius 3 is 2.10 bits per heavy atom. The van der Waals surface area contributed by atoms with Gasteiger partial charge in [0.2, 0.25) is 0 Å². The maximum Gasteiger partial charge on any atom is 0.255 e. The molecule has 0 unspecified atom stereocenters. The highest BCUT2D eigenvalue weighted by Gasteiger charge is 2.15. The molecule has 0 saturated heterocycles. The fourth-order valence-corrected chi connectivity index (χ4v) is 1.74. The number of nitrogens with one attached hydrogen (secondary N) is 1. The molecule has 2 nitrogen and oxygen atoms in total. The lowest BCUT2D eigenvalue weighted by molar-refractivity contribution is 0.102. The number of halogens is 5. The first-order chi connectivity index (χ1) is 9.36. The summed E-state index contributed by atoms with van der Waals surface area (Å²) in [7, 11) is 0. The van der Waals surface area contributed by atoms with Crippen LogP contribution in [0.2, 0.25) is 5.02 Å². The van der Waals surface area contributed by atoms with Crippen LogP contribution in [-0.2, 0) is 0 Å². The van der Waals surface area contributed by atoms with Crippen LogP contribution in [0.5, 0.6) is 0 Å². The van der Waals surface area contributed by atoms with Gasteiger partial charge in [-0.2, -0.15) is 0 Å². The Morgan fingerprint density at radius 2 is 1.55 bits per heavy atom. The zero-order valence-electron chi connectivity index (χ0n) is 9.68. The van der Waals surface area contributed by atoms with Crippen LogP contribution in [0.15, 0.2) is 30.3 Å². The molecule has 1 amide bonds. The highest BCUT2D eigenvalue weighted by molar-refractivity contribution is 6.31. The lowest BCUT2D eigenvalue weighted by atomic mass is 10.2. The number of hydrogen-bond acceptors (Lipinski definition) is 1. The summed E-state index contributed by atoms with van der Waals surface area (Å²) in [5.74, 6) is -6.27. The van der Waals surface area contributed by atoms with E-state index in [2.05, 4.69) is 5.32 Å². The molecule has 2 aromatic carbocycles. The Bertz CT molecular complexity index is 647. The van der Waals surface area contributed by atoms with Crippen LogP contribution in [0.3, 0.4) is 0 Å². The number of carbonyl (C=O) groups is 1. The minimum atomic E-state index is -1.67. The molecule has 0 aromatic heterocycles. The Labute approximate surface area is 116 Å². The van der Waals surface area contributed by atoms with E-state index in [0.29, 0.717) is 12.1 Å². The van der Waals surface area contributed by atoms with E-state index in [9.17, 15) is 22.4 Å². The first kappa shape index (κ1) is 14.3. The predicted octanol–water partition coefficient (Wildman–Crippen LogP) is 4.15. The van der Waals surface area contributed by atoms with Gasteiger partial charge in [0.05, 0.1) is 0 Å². The van der Waals surface area contributed by atoms with Crippen LogP contribution in [0.1, 0.15) is 10.4 Å². The summed E-state index contributed by atoms with van der Waals surface area (Å²) in [6.45, 7) is 0. The zero-order chi connectivity index (χ0) is 14.9. The minimum absolute atomic E-state index is 0.00476. The lowest BCUT2D eigenvalue weighted by Crippen LogP contribution is -2.13. The fraction of sp³-hybridized carbons (Fsp3) is 0. The molecule has 0 heterocycles. The van der Waals surface area contributed by atoms with E-state index in [0.717, 1.165) is 12.1 Å². The van der Waals surface area contributed by atoms with Crippen molar-refractivity contribution in [2.75, 3.05) is 5.32 Å². The maximum atomic E-state index is 13.1. The van der Waals surface area contributed by atoms with E-state index >= 15 is 0 Å². The molecule has 0 aliphatic heterocycles. The molecule has 0 atom stereocenters. The van der Waals surface area contributed by atoms with Crippen molar-refractivity contribution in [3.63, 3.8) is 0 Å². The van der Waals surface area contributed by atoms with E-state index < -0.39 is 34.7 Å². The summed E-state index contributed by atoms with van der Waals surface area (Å²) >= 11 is 5.59. The number of benzene rings is 2. The molecule has 0 radical (unpaired) electrons. The number of anilines is 1. The van der Waals surface area contributed by atoms with Crippen molar-refractivity contribution in [1.82, 2.24) is 0 Å². The Morgan fingerprint density at radius 1 is 0.950 bits per heavy atom. The van der Waals surface area contributed by atoms with Gasteiger partial charge in [-0.25, -0.2) is 17.6 Å². The van der Waals surface area contributed by atoms with Crippen molar-refractivity contribution in [2.24, 2.45) is 0 Å². The quantitative estimate of drug-likeness (QED) is 0.655. The standard InChI is InChI=1S/C13H6ClF4NO/c14-7-3-8(15)5-9(4-7)19-13(20)6-1-10(16)12(18)11(17)2-6/h1-5H,(H,19,20). The van der Waals surface area contributed by atoms with Gasteiger partial charge in [0.25, 0.3) is 5.91 Å². The van der Waals surface area contributed by atoms with Crippen molar-refractivity contribution < 1.29 is 22.4 Å². The molecule has 2 aromatic rings. The smallest absolute Gasteiger partial charge is 0.255 e. The molecule has 0 aliphatic rings. The summed E-state index contributed by atoms with van der Waals surface area (Å²) < 4.78 is 51.8. The highest BCUT2D eigenvalue weighted by atomic mass is 35.5. The molecule has 104 valence electrons. The molecule has 0 spiro atoms. The third kappa shape index (κ3) is 3.08. The van der Waals surface area contributed by atoms with Crippen molar-refractivity contribution in [1.29, 1.82) is 0 Å². The second kappa shape index (κ2) is 5.50. The van der Waals surface area contributed by atoms with Crippen LogP contribution in [0.4, 0.5) is 23.2 Å². The van der Waals surface area contributed by atoms with Crippen LogP contribution in [-0.4, -0.2) is 5.91 Å². The summed E-state index contributed by atoms with van der Waals surface area (Å²) in [5.41, 5.74) is -0.438. The molecule has 2 rings (SSSR count). The topological polar surface area (TPSA) is 29.1 Å². The summed E-state index contributed by atoms with van der Waals surface area (Å²) in [6, 6.07) is 4.32.